The molecule has 1 heterocycles. The number of aromatic nitrogens is 1. The fourth-order valence-corrected chi connectivity index (χ4v) is 3.03. The van der Waals surface area contributed by atoms with E-state index in [0.717, 1.165) is 16.5 Å². The first-order valence-electron chi connectivity index (χ1n) is 8.35. The zero-order valence-corrected chi connectivity index (χ0v) is 14.9. The summed E-state index contributed by atoms with van der Waals surface area (Å²) >= 11 is 0. The molecule has 0 aliphatic carbocycles. The zero-order chi connectivity index (χ0) is 18.8. The van der Waals surface area contributed by atoms with E-state index in [1.165, 1.54) is 10.8 Å². The number of rotatable bonds is 3. The molecule has 3 aromatic rings. The van der Waals surface area contributed by atoms with Crippen LogP contribution >= 0.6 is 0 Å². The van der Waals surface area contributed by atoms with E-state index < -0.39 is 5.56 Å². The zero-order valence-electron chi connectivity index (χ0n) is 14.9. The van der Waals surface area contributed by atoms with Gasteiger partial charge in [-0.2, -0.15) is 5.26 Å². The molecular weight excluding hydrogens is 326 g/mol. The highest BCUT2D eigenvalue weighted by Gasteiger charge is 2.19. The average Bonchev–Trinajstić information content (AvgIpc) is 2.61. The first-order chi connectivity index (χ1) is 12.5. The van der Waals surface area contributed by atoms with Gasteiger partial charge in [0, 0.05) is 17.6 Å². The van der Waals surface area contributed by atoms with Gasteiger partial charge in [0.05, 0.1) is 11.3 Å². The van der Waals surface area contributed by atoms with Crippen molar-refractivity contribution in [3.05, 3.63) is 69.5 Å². The standard InChI is InChI=1S/C21H19N3O2/c1-13(2)24-20(25)17(11-22)14(3)18(21(24)26)12-23-19-10-6-8-15-7-4-5-9-16(15)19/h4-10,12-13,26H,1-3H3. The third-order valence-corrected chi connectivity index (χ3v) is 4.41. The molecule has 5 heteroatoms. The van der Waals surface area contributed by atoms with Crippen LogP contribution in [0.15, 0.2) is 52.3 Å². The number of fused-ring (bicyclic) bond motifs is 1. The van der Waals surface area contributed by atoms with Gasteiger partial charge in [0.25, 0.3) is 5.56 Å². The summed E-state index contributed by atoms with van der Waals surface area (Å²) in [5.41, 5.74) is 1.09. The van der Waals surface area contributed by atoms with Crippen LogP contribution in [0.3, 0.4) is 0 Å². The van der Waals surface area contributed by atoms with Crippen LogP contribution in [0.5, 0.6) is 5.88 Å². The highest BCUT2D eigenvalue weighted by Crippen LogP contribution is 2.27. The first-order valence-corrected chi connectivity index (χ1v) is 8.35. The van der Waals surface area contributed by atoms with Crippen LogP contribution < -0.4 is 5.56 Å². The number of hydrogen-bond acceptors (Lipinski definition) is 4. The monoisotopic (exact) mass is 345 g/mol. The summed E-state index contributed by atoms with van der Waals surface area (Å²) in [7, 11) is 0. The van der Waals surface area contributed by atoms with Crippen LogP contribution in [0.1, 0.15) is 36.6 Å². The Morgan fingerprint density at radius 2 is 1.88 bits per heavy atom. The molecule has 3 rings (SSSR count). The van der Waals surface area contributed by atoms with Crippen molar-refractivity contribution in [3.63, 3.8) is 0 Å². The van der Waals surface area contributed by atoms with Crippen LogP contribution in [-0.4, -0.2) is 15.9 Å². The molecule has 0 saturated carbocycles. The fraction of sp³-hybridized carbons (Fsp3) is 0.190. The summed E-state index contributed by atoms with van der Waals surface area (Å²) in [4.78, 5) is 16.9. The quantitative estimate of drug-likeness (QED) is 0.722. The molecule has 1 N–H and O–H groups in total. The van der Waals surface area contributed by atoms with Crippen molar-refractivity contribution in [1.82, 2.24) is 4.57 Å². The summed E-state index contributed by atoms with van der Waals surface area (Å²) < 4.78 is 1.22. The smallest absolute Gasteiger partial charge is 0.271 e. The molecule has 0 spiro atoms. The van der Waals surface area contributed by atoms with Crippen LogP contribution in [0.4, 0.5) is 5.69 Å². The molecule has 26 heavy (non-hydrogen) atoms. The second kappa shape index (κ2) is 6.85. The molecule has 2 aromatic carbocycles. The van der Waals surface area contributed by atoms with E-state index in [2.05, 4.69) is 4.99 Å². The topological polar surface area (TPSA) is 78.4 Å². The Balaban J connectivity index is 2.21. The van der Waals surface area contributed by atoms with Gasteiger partial charge in [0.2, 0.25) is 5.88 Å². The predicted molar refractivity (Wildman–Crippen MR) is 103 cm³/mol. The number of nitrogens with zero attached hydrogens (tertiary/aromatic N) is 3. The van der Waals surface area contributed by atoms with Crippen LogP contribution in [0, 0.1) is 18.3 Å². The third-order valence-electron chi connectivity index (χ3n) is 4.41. The third kappa shape index (κ3) is 2.86. The van der Waals surface area contributed by atoms with Crippen molar-refractivity contribution in [2.45, 2.75) is 26.8 Å². The maximum Gasteiger partial charge on any atom is 0.271 e. The maximum absolute atomic E-state index is 12.4. The van der Waals surface area contributed by atoms with Gasteiger partial charge in [-0.05, 0) is 37.8 Å². The van der Waals surface area contributed by atoms with Crippen LogP contribution in [0.2, 0.25) is 0 Å². The number of benzene rings is 2. The summed E-state index contributed by atoms with van der Waals surface area (Å²) in [6, 6.07) is 15.4. The lowest BCUT2D eigenvalue weighted by atomic mass is 10.1. The highest BCUT2D eigenvalue weighted by molar-refractivity contribution is 5.96. The summed E-state index contributed by atoms with van der Waals surface area (Å²) in [6.45, 7) is 5.21. The SMILES string of the molecule is Cc1c(C=Nc2cccc3ccccc23)c(O)n(C(C)C)c(=O)c1C#N. The van der Waals surface area contributed by atoms with Crippen LogP contribution in [-0.2, 0) is 0 Å². The van der Waals surface area contributed by atoms with E-state index in [0.29, 0.717) is 11.1 Å². The van der Waals surface area contributed by atoms with Crippen molar-refractivity contribution >= 4 is 22.7 Å². The molecule has 1 aromatic heterocycles. The average molecular weight is 345 g/mol. The van der Waals surface area contributed by atoms with E-state index >= 15 is 0 Å². The summed E-state index contributed by atoms with van der Waals surface area (Å²) in [5, 5.41) is 22.0. The molecule has 0 bridgehead atoms. The van der Waals surface area contributed by atoms with Gasteiger partial charge >= 0.3 is 0 Å². The molecule has 0 unspecified atom stereocenters. The normalized spacial score (nSPS) is 11.3. The van der Waals surface area contributed by atoms with Crippen molar-refractivity contribution in [3.8, 4) is 11.9 Å². The Bertz CT molecular complexity index is 1110. The van der Waals surface area contributed by atoms with E-state index in [1.54, 1.807) is 20.8 Å². The van der Waals surface area contributed by atoms with Gasteiger partial charge in [-0.3, -0.25) is 14.4 Å². The molecular formula is C21H19N3O2. The van der Waals surface area contributed by atoms with E-state index in [4.69, 9.17) is 0 Å². The lowest BCUT2D eigenvalue weighted by Crippen LogP contribution is -2.26. The number of hydrogen-bond donors (Lipinski definition) is 1. The van der Waals surface area contributed by atoms with E-state index in [1.807, 2.05) is 48.5 Å². The molecule has 0 fully saturated rings. The Labute approximate surface area is 151 Å². The summed E-state index contributed by atoms with van der Waals surface area (Å²) in [6.07, 6.45) is 1.52. The molecule has 0 atom stereocenters. The largest absolute Gasteiger partial charge is 0.494 e. The molecule has 0 aliphatic rings. The van der Waals surface area contributed by atoms with E-state index in [-0.39, 0.29) is 17.5 Å². The van der Waals surface area contributed by atoms with Gasteiger partial charge < -0.3 is 5.11 Å². The summed E-state index contributed by atoms with van der Waals surface area (Å²) in [5.74, 6) is -0.175. The number of nitriles is 1. The molecule has 0 radical (unpaired) electrons. The first kappa shape index (κ1) is 17.4. The lowest BCUT2D eigenvalue weighted by molar-refractivity contribution is 0.386. The Kier molecular flexibility index (Phi) is 4.59. The van der Waals surface area contributed by atoms with Crippen molar-refractivity contribution in [2.75, 3.05) is 0 Å². The molecule has 0 amide bonds. The number of aliphatic imine (C=N–C) groups is 1. The van der Waals surface area contributed by atoms with Crippen molar-refractivity contribution in [1.29, 1.82) is 5.26 Å². The molecule has 0 aliphatic heterocycles. The molecule has 5 nitrogen and oxygen atoms in total. The number of pyridine rings is 1. The van der Waals surface area contributed by atoms with Crippen molar-refractivity contribution < 1.29 is 5.11 Å². The second-order valence-corrected chi connectivity index (χ2v) is 6.37. The molecule has 0 saturated heterocycles. The minimum absolute atomic E-state index is 0.0240. The Morgan fingerprint density at radius 3 is 2.58 bits per heavy atom. The van der Waals surface area contributed by atoms with Gasteiger partial charge in [0.1, 0.15) is 11.6 Å². The molecule has 130 valence electrons. The predicted octanol–water partition coefficient (Wildman–Crippen LogP) is 4.22. The van der Waals surface area contributed by atoms with Gasteiger partial charge in [0.15, 0.2) is 0 Å². The minimum atomic E-state index is -0.486. The van der Waals surface area contributed by atoms with E-state index in [9.17, 15) is 15.2 Å². The fourth-order valence-electron chi connectivity index (χ4n) is 3.03. The Morgan fingerprint density at radius 1 is 1.19 bits per heavy atom. The Hall–Kier alpha value is -3.39. The van der Waals surface area contributed by atoms with Crippen molar-refractivity contribution in [2.24, 2.45) is 4.99 Å². The highest BCUT2D eigenvalue weighted by atomic mass is 16.3. The van der Waals surface area contributed by atoms with Gasteiger partial charge in [-0.1, -0.05) is 36.4 Å². The lowest BCUT2D eigenvalue weighted by Gasteiger charge is -2.16. The van der Waals surface area contributed by atoms with Gasteiger partial charge in [-0.15, -0.1) is 0 Å². The van der Waals surface area contributed by atoms with Crippen LogP contribution in [0.25, 0.3) is 10.8 Å². The minimum Gasteiger partial charge on any atom is -0.494 e. The maximum atomic E-state index is 12.4. The number of aromatic hydroxyl groups is 1. The second-order valence-electron chi connectivity index (χ2n) is 6.37. The van der Waals surface area contributed by atoms with Gasteiger partial charge in [-0.25, -0.2) is 0 Å².